The van der Waals surface area contributed by atoms with Gasteiger partial charge in [-0.25, -0.2) is 4.79 Å². The van der Waals surface area contributed by atoms with Crippen molar-refractivity contribution in [1.29, 1.82) is 5.26 Å². The summed E-state index contributed by atoms with van der Waals surface area (Å²) >= 11 is 0. The summed E-state index contributed by atoms with van der Waals surface area (Å²) in [6.45, 7) is 0.365. The number of aromatic carboxylic acids is 1. The number of terminal acetylenes is 1. The monoisotopic (exact) mass is 369 g/mol. The van der Waals surface area contributed by atoms with E-state index in [0.29, 0.717) is 17.8 Å². The Morgan fingerprint density at radius 3 is 2.71 bits per heavy atom. The van der Waals surface area contributed by atoms with Crippen molar-refractivity contribution in [2.45, 2.75) is 6.54 Å². The molecule has 0 radical (unpaired) electrons. The normalized spacial score (nSPS) is 10.9. The molecule has 0 saturated heterocycles. The fourth-order valence-corrected chi connectivity index (χ4v) is 2.85. The lowest BCUT2D eigenvalue weighted by Crippen LogP contribution is -2.13. The predicted octanol–water partition coefficient (Wildman–Crippen LogP) is 3.52. The molecule has 0 aliphatic heterocycles. The second-order valence-electron chi connectivity index (χ2n) is 5.94. The first kappa shape index (κ1) is 18.5. The Morgan fingerprint density at radius 1 is 1.21 bits per heavy atom. The number of carboxylic acids is 1. The fourth-order valence-electron chi connectivity index (χ4n) is 2.85. The molecule has 0 aliphatic rings. The first-order valence-corrected chi connectivity index (χ1v) is 8.31. The van der Waals surface area contributed by atoms with Gasteiger partial charge in [0.2, 0.25) is 0 Å². The van der Waals surface area contributed by atoms with E-state index in [1.165, 1.54) is 24.3 Å². The van der Waals surface area contributed by atoms with Crippen molar-refractivity contribution in [2.24, 2.45) is 0 Å². The molecule has 1 aromatic heterocycles. The summed E-state index contributed by atoms with van der Waals surface area (Å²) in [5, 5.41) is 21.9. The number of nitrogens with one attached hydrogen (secondary N) is 1. The minimum atomic E-state index is -1.10. The molecule has 1 heterocycles. The van der Waals surface area contributed by atoms with E-state index in [2.05, 4.69) is 11.2 Å². The highest BCUT2D eigenvalue weighted by Crippen LogP contribution is 2.24. The number of carboxylic acid groups (broad SMARTS) is 1. The van der Waals surface area contributed by atoms with Crippen molar-refractivity contribution >= 4 is 34.5 Å². The maximum absolute atomic E-state index is 12.5. The number of nitriles is 1. The summed E-state index contributed by atoms with van der Waals surface area (Å²) in [5.74, 6) is 0.847. The molecule has 2 N–H and O–H groups in total. The van der Waals surface area contributed by atoms with Crippen LogP contribution in [0.15, 0.2) is 60.3 Å². The van der Waals surface area contributed by atoms with Crippen LogP contribution in [0.25, 0.3) is 17.0 Å². The van der Waals surface area contributed by atoms with Crippen molar-refractivity contribution in [3.8, 4) is 18.4 Å². The van der Waals surface area contributed by atoms with E-state index in [1.54, 1.807) is 12.3 Å². The van der Waals surface area contributed by atoms with Gasteiger partial charge in [-0.15, -0.1) is 6.42 Å². The largest absolute Gasteiger partial charge is 0.478 e. The van der Waals surface area contributed by atoms with E-state index < -0.39 is 11.9 Å². The Bertz CT molecular complexity index is 1190. The molecule has 28 heavy (non-hydrogen) atoms. The summed E-state index contributed by atoms with van der Waals surface area (Å²) in [6.07, 6.45) is 8.70. The zero-order chi connectivity index (χ0) is 20.1. The van der Waals surface area contributed by atoms with Crippen LogP contribution in [0.1, 0.15) is 15.9 Å². The van der Waals surface area contributed by atoms with Crippen LogP contribution in [0.5, 0.6) is 0 Å². The summed E-state index contributed by atoms with van der Waals surface area (Å²) in [6, 6.07) is 15.3. The van der Waals surface area contributed by atoms with Gasteiger partial charge in [0.05, 0.1) is 12.1 Å². The van der Waals surface area contributed by atoms with Crippen LogP contribution in [0.2, 0.25) is 0 Å². The quantitative estimate of drug-likeness (QED) is 0.409. The molecule has 0 atom stereocenters. The second-order valence-corrected chi connectivity index (χ2v) is 5.94. The smallest absolute Gasteiger partial charge is 0.335 e. The minimum absolute atomic E-state index is 0.0395. The standard InChI is InChI=1S/C22H15N3O3/c1-2-10-25-14-17(19-8-3-4-9-20(19)25)11-16(13-23)21(26)24-18-7-5-6-15(12-18)22(27)28/h1,3-9,11-12,14H,10H2,(H,24,26)(H,27,28)/b16-11-. The van der Waals surface area contributed by atoms with E-state index in [-0.39, 0.29) is 11.1 Å². The molecule has 0 spiro atoms. The molecule has 6 heteroatoms. The molecule has 0 bridgehead atoms. The Labute approximate surface area is 161 Å². The Balaban J connectivity index is 1.94. The maximum atomic E-state index is 12.5. The number of carbonyl (C=O) groups is 2. The molecule has 3 rings (SSSR count). The van der Waals surface area contributed by atoms with Crippen LogP contribution < -0.4 is 5.32 Å². The van der Waals surface area contributed by atoms with Crippen molar-refractivity contribution < 1.29 is 14.7 Å². The van der Waals surface area contributed by atoms with Gasteiger partial charge in [-0.05, 0) is 30.3 Å². The molecule has 0 saturated carbocycles. The topological polar surface area (TPSA) is 95.1 Å². The first-order valence-electron chi connectivity index (χ1n) is 8.31. The van der Waals surface area contributed by atoms with Gasteiger partial charge >= 0.3 is 5.97 Å². The van der Waals surface area contributed by atoms with E-state index in [4.69, 9.17) is 11.5 Å². The van der Waals surface area contributed by atoms with Gasteiger partial charge in [-0.2, -0.15) is 5.26 Å². The van der Waals surface area contributed by atoms with Gasteiger partial charge in [0.1, 0.15) is 11.6 Å². The predicted molar refractivity (Wildman–Crippen MR) is 106 cm³/mol. The molecule has 1 amide bonds. The molecule has 0 aliphatic carbocycles. The van der Waals surface area contributed by atoms with Gasteiger partial charge in [-0.1, -0.05) is 30.2 Å². The summed E-state index contributed by atoms with van der Waals surface area (Å²) < 4.78 is 1.87. The second kappa shape index (κ2) is 7.94. The molecule has 0 fully saturated rings. The molecule has 6 nitrogen and oxygen atoms in total. The fraction of sp³-hybridized carbons (Fsp3) is 0.0455. The Hall–Kier alpha value is -4.29. The average molecular weight is 369 g/mol. The van der Waals surface area contributed by atoms with Gasteiger partial charge in [0.15, 0.2) is 0 Å². The number of hydrogen-bond acceptors (Lipinski definition) is 3. The van der Waals surface area contributed by atoms with E-state index in [9.17, 15) is 14.9 Å². The molecule has 136 valence electrons. The zero-order valence-corrected chi connectivity index (χ0v) is 14.7. The third-order valence-electron chi connectivity index (χ3n) is 4.11. The highest BCUT2D eigenvalue weighted by Gasteiger charge is 2.13. The van der Waals surface area contributed by atoms with Crippen molar-refractivity contribution in [3.63, 3.8) is 0 Å². The van der Waals surface area contributed by atoms with E-state index >= 15 is 0 Å². The number of benzene rings is 2. The van der Waals surface area contributed by atoms with Crippen LogP contribution in [0.3, 0.4) is 0 Å². The molecular formula is C22H15N3O3. The lowest BCUT2D eigenvalue weighted by atomic mass is 10.1. The average Bonchev–Trinajstić information content (AvgIpc) is 3.04. The summed E-state index contributed by atoms with van der Waals surface area (Å²) in [7, 11) is 0. The Kier molecular flexibility index (Phi) is 5.25. The van der Waals surface area contributed by atoms with E-state index in [0.717, 1.165) is 10.9 Å². The number of amides is 1. The highest BCUT2D eigenvalue weighted by atomic mass is 16.4. The SMILES string of the molecule is C#CCn1cc(/C=C(/C#N)C(=O)Nc2cccc(C(=O)O)c2)c2ccccc21. The summed E-state index contributed by atoms with van der Waals surface area (Å²) in [4.78, 5) is 23.6. The van der Waals surface area contributed by atoms with Crippen molar-refractivity contribution in [3.05, 3.63) is 71.4 Å². The van der Waals surface area contributed by atoms with Crippen molar-refractivity contribution in [2.75, 3.05) is 5.32 Å². The first-order chi connectivity index (χ1) is 13.5. The maximum Gasteiger partial charge on any atom is 0.335 e. The van der Waals surface area contributed by atoms with Gasteiger partial charge < -0.3 is 15.0 Å². The number of rotatable bonds is 5. The molecule has 0 unspecified atom stereocenters. The number of hydrogen-bond donors (Lipinski definition) is 2. The number of carbonyl (C=O) groups excluding carboxylic acids is 1. The van der Waals surface area contributed by atoms with Gasteiger partial charge in [0, 0.05) is 28.4 Å². The Morgan fingerprint density at radius 2 is 2.00 bits per heavy atom. The highest BCUT2D eigenvalue weighted by molar-refractivity contribution is 6.11. The zero-order valence-electron chi connectivity index (χ0n) is 14.7. The number of fused-ring (bicyclic) bond motifs is 1. The number of para-hydroxylation sites is 1. The number of nitrogens with zero attached hydrogens (tertiary/aromatic N) is 2. The van der Waals surface area contributed by atoms with Crippen molar-refractivity contribution in [1.82, 2.24) is 4.57 Å². The van der Waals surface area contributed by atoms with Gasteiger partial charge in [0.25, 0.3) is 5.91 Å². The van der Waals surface area contributed by atoms with E-state index in [1.807, 2.05) is 34.9 Å². The lowest BCUT2D eigenvalue weighted by Gasteiger charge is -2.05. The lowest BCUT2D eigenvalue weighted by molar-refractivity contribution is -0.112. The van der Waals surface area contributed by atoms with Crippen LogP contribution in [0, 0.1) is 23.7 Å². The van der Waals surface area contributed by atoms with Crippen LogP contribution in [-0.2, 0) is 11.3 Å². The third kappa shape index (κ3) is 3.77. The third-order valence-corrected chi connectivity index (χ3v) is 4.11. The number of aromatic nitrogens is 1. The summed E-state index contributed by atoms with van der Waals surface area (Å²) in [5.41, 5.74) is 1.82. The molecular weight excluding hydrogens is 354 g/mol. The number of anilines is 1. The van der Waals surface area contributed by atoms with Crippen LogP contribution in [-0.4, -0.2) is 21.6 Å². The molecule has 3 aromatic rings. The minimum Gasteiger partial charge on any atom is -0.478 e. The molecule has 2 aromatic carbocycles. The van der Waals surface area contributed by atoms with Gasteiger partial charge in [-0.3, -0.25) is 4.79 Å². The van der Waals surface area contributed by atoms with Crippen LogP contribution >= 0.6 is 0 Å². The van der Waals surface area contributed by atoms with Crippen LogP contribution in [0.4, 0.5) is 5.69 Å².